The van der Waals surface area contributed by atoms with Crippen molar-refractivity contribution in [2.45, 2.75) is 126 Å². The second kappa shape index (κ2) is 12.9. The molecule has 4 nitrogen and oxygen atoms in total. The van der Waals surface area contributed by atoms with Crippen molar-refractivity contribution in [3.63, 3.8) is 0 Å². The number of fused-ring (bicyclic) bond motifs is 1. The SMILES string of the molecule is CCCCCc1ccc(-c2cc3ccc(OC(C)CC(C)(C)OC(=O)C(C)(CC(C)(C)C)C(C)(C)C)cc3n2C)cc1. The van der Waals surface area contributed by atoms with Gasteiger partial charge in [0.1, 0.15) is 11.4 Å². The first-order valence-electron chi connectivity index (χ1n) is 15.9. The minimum atomic E-state index is -0.661. The largest absolute Gasteiger partial charge is 0.490 e. The van der Waals surface area contributed by atoms with E-state index in [1.807, 2.05) is 19.9 Å². The molecule has 0 radical (unpaired) electrons. The van der Waals surface area contributed by atoms with Crippen molar-refractivity contribution in [3.8, 4) is 17.0 Å². The third kappa shape index (κ3) is 8.42. The summed E-state index contributed by atoms with van der Waals surface area (Å²) in [7, 11) is 2.12. The average Bonchev–Trinajstić information content (AvgIpc) is 3.18. The second-order valence-electron chi connectivity index (χ2n) is 15.6. The number of nitrogens with zero attached hydrogens (tertiary/aromatic N) is 1. The summed E-state index contributed by atoms with van der Waals surface area (Å²) in [6, 6.07) is 17.6. The molecular formula is C38H57NO3. The summed E-state index contributed by atoms with van der Waals surface area (Å²) in [6.45, 7) is 23.3. The molecule has 3 rings (SSSR count). The lowest BCUT2D eigenvalue weighted by atomic mass is 9.61. The zero-order valence-corrected chi connectivity index (χ0v) is 28.6. The van der Waals surface area contributed by atoms with Gasteiger partial charge in [-0.15, -0.1) is 0 Å². The maximum atomic E-state index is 13.7. The summed E-state index contributed by atoms with van der Waals surface area (Å²) in [5, 5.41) is 1.19. The Hall–Kier alpha value is -2.75. The normalized spacial score (nSPS) is 15.0. The standard InChI is InChI=1S/C38H57NO3/c1-13-14-15-16-28-17-19-29(20-18-28)32-23-30-21-22-31(24-33(30)39(32)12)41-27(2)25-37(9,10)42-34(40)38(11,36(6,7)8)26-35(3,4)5/h17-24,27H,13-16,25-26H2,1-12H3. The van der Waals surface area contributed by atoms with Gasteiger partial charge < -0.3 is 14.0 Å². The topological polar surface area (TPSA) is 40.5 Å². The molecule has 42 heavy (non-hydrogen) atoms. The second-order valence-corrected chi connectivity index (χ2v) is 15.6. The van der Waals surface area contributed by atoms with Crippen molar-refractivity contribution < 1.29 is 14.3 Å². The average molecular weight is 576 g/mol. The lowest BCUT2D eigenvalue weighted by molar-refractivity contribution is -0.180. The molecule has 0 aliphatic carbocycles. The Morgan fingerprint density at radius 2 is 1.52 bits per heavy atom. The zero-order valence-electron chi connectivity index (χ0n) is 28.6. The zero-order chi connectivity index (χ0) is 31.5. The van der Waals surface area contributed by atoms with E-state index in [1.165, 1.54) is 41.5 Å². The molecule has 0 aliphatic heterocycles. The quantitative estimate of drug-likeness (QED) is 0.159. The lowest BCUT2D eigenvalue weighted by Gasteiger charge is -2.45. The molecule has 0 spiro atoms. The van der Waals surface area contributed by atoms with Crippen LogP contribution >= 0.6 is 0 Å². The van der Waals surface area contributed by atoms with Crippen LogP contribution in [-0.2, 0) is 23.0 Å². The van der Waals surface area contributed by atoms with E-state index < -0.39 is 11.0 Å². The van der Waals surface area contributed by atoms with Crippen LogP contribution in [-0.4, -0.2) is 22.2 Å². The van der Waals surface area contributed by atoms with E-state index in [9.17, 15) is 4.79 Å². The van der Waals surface area contributed by atoms with Gasteiger partial charge in [-0.1, -0.05) is 85.6 Å². The van der Waals surface area contributed by atoms with Gasteiger partial charge in [-0.05, 0) is 87.1 Å². The molecule has 2 atom stereocenters. The monoisotopic (exact) mass is 575 g/mol. The van der Waals surface area contributed by atoms with Gasteiger partial charge in [-0.3, -0.25) is 4.79 Å². The fourth-order valence-electron chi connectivity index (χ4n) is 6.16. The number of benzene rings is 2. The Morgan fingerprint density at radius 3 is 2.10 bits per heavy atom. The van der Waals surface area contributed by atoms with Crippen molar-refractivity contribution in [3.05, 3.63) is 54.1 Å². The number of aromatic nitrogens is 1. The number of hydrogen-bond donors (Lipinski definition) is 0. The van der Waals surface area contributed by atoms with E-state index in [4.69, 9.17) is 9.47 Å². The van der Waals surface area contributed by atoms with E-state index in [0.717, 1.165) is 24.1 Å². The van der Waals surface area contributed by atoms with Gasteiger partial charge in [0.05, 0.1) is 17.0 Å². The number of unbranched alkanes of at least 4 members (excludes halogenated alkanes) is 2. The number of rotatable bonds is 12. The van der Waals surface area contributed by atoms with Gasteiger partial charge >= 0.3 is 5.97 Å². The van der Waals surface area contributed by atoms with Crippen molar-refractivity contribution in [1.29, 1.82) is 0 Å². The number of esters is 1. The Kier molecular flexibility index (Phi) is 10.3. The van der Waals surface area contributed by atoms with Gasteiger partial charge in [0, 0.05) is 30.6 Å². The van der Waals surface area contributed by atoms with Crippen LogP contribution in [0.5, 0.6) is 5.75 Å². The molecule has 0 N–H and O–H groups in total. The molecule has 4 heteroatoms. The first-order chi connectivity index (χ1) is 19.3. The smallest absolute Gasteiger partial charge is 0.312 e. The van der Waals surface area contributed by atoms with Crippen LogP contribution in [0.2, 0.25) is 0 Å². The Morgan fingerprint density at radius 1 is 0.881 bits per heavy atom. The maximum Gasteiger partial charge on any atom is 0.312 e. The molecule has 2 aromatic carbocycles. The van der Waals surface area contributed by atoms with Crippen LogP contribution in [0, 0.1) is 16.2 Å². The number of carbonyl (C=O) groups excluding carboxylic acids is 1. The third-order valence-corrected chi connectivity index (χ3v) is 8.81. The molecule has 2 unspecified atom stereocenters. The molecule has 0 amide bonds. The van der Waals surface area contributed by atoms with Gasteiger partial charge in [0.25, 0.3) is 0 Å². The number of hydrogen-bond acceptors (Lipinski definition) is 3. The highest BCUT2D eigenvalue weighted by Crippen LogP contribution is 2.48. The van der Waals surface area contributed by atoms with Crippen LogP contribution in [0.1, 0.15) is 114 Å². The van der Waals surface area contributed by atoms with E-state index in [2.05, 4.69) is 116 Å². The van der Waals surface area contributed by atoms with E-state index >= 15 is 0 Å². The Balaban J connectivity index is 1.71. The summed E-state index contributed by atoms with van der Waals surface area (Å²) in [4.78, 5) is 13.7. The number of aryl methyl sites for hydroxylation is 2. The minimum Gasteiger partial charge on any atom is -0.490 e. The van der Waals surface area contributed by atoms with Crippen molar-refractivity contribution in [2.75, 3.05) is 0 Å². The fraction of sp³-hybridized carbons (Fsp3) is 0.605. The molecule has 0 aliphatic rings. The van der Waals surface area contributed by atoms with Gasteiger partial charge in [-0.25, -0.2) is 0 Å². The molecule has 0 bridgehead atoms. The molecule has 0 saturated heterocycles. The summed E-state index contributed by atoms with van der Waals surface area (Å²) in [5.74, 6) is 0.692. The summed E-state index contributed by atoms with van der Waals surface area (Å²) in [6.07, 6.45) is 6.14. The predicted octanol–water partition coefficient (Wildman–Crippen LogP) is 10.5. The highest BCUT2D eigenvalue weighted by atomic mass is 16.6. The molecule has 1 heterocycles. The van der Waals surface area contributed by atoms with Crippen molar-refractivity contribution in [2.24, 2.45) is 23.3 Å². The van der Waals surface area contributed by atoms with Crippen LogP contribution in [0.15, 0.2) is 48.5 Å². The van der Waals surface area contributed by atoms with Crippen LogP contribution < -0.4 is 4.74 Å². The van der Waals surface area contributed by atoms with E-state index in [0.29, 0.717) is 6.42 Å². The van der Waals surface area contributed by atoms with Crippen molar-refractivity contribution >= 4 is 16.9 Å². The predicted molar refractivity (Wildman–Crippen MR) is 178 cm³/mol. The van der Waals surface area contributed by atoms with Crippen molar-refractivity contribution in [1.82, 2.24) is 4.57 Å². The summed E-state index contributed by atoms with van der Waals surface area (Å²) >= 11 is 0. The van der Waals surface area contributed by atoms with E-state index in [1.54, 1.807) is 0 Å². The first kappa shape index (κ1) is 33.7. The fourth-order valence-corrected chi connectivity index (χ4v) is 6.16. The Labute approximate surface area is 256 Å². The highest BCUT2D eigenvalue weighted by molar-refractivity contribution is 5.88. The molecular weight excluding hydrogens is 518 g/mol. The molecule has 232 valence electrons. The van der Waals surface area contributed by atoms with Crippen LogP contribution in [0.3, 0.4) is 0 Å². The van der Waals surface area contributed by atoms with Crippen LogP contribution in [0.4, 0.5) is 0 Å². The molecule has 0 fully saturated rings. The molecule has 1 aromatic heterocycles. The number of carbonyl (C=O) groups is 1. The lowest BCUT2D eigenvalue weighted by Crippen LogP contribution is -2.47. The van der Waals surface area contributed by atoms with E-state index in [-0.39, 0.29) is 22.9 Å². The summed E-state index contributed by atoms with van der Waals surface area (Å²) in [5.41, 5.74) is 3.48. The minimum absolute atomic E-state index is 0.00868. The van der Waals surface area contributed by atoms with Crippen LogP contribution in [0.25, 0.3) is 22.2 Å². The third-order valence-electron chi connectivity index (χ3n) is 8.81. The number of ether oxygens (including phenoxy) is 2. The molecule has 3 aromatic rings. The summed E-state index contributed by atoms with van der Waals surface area (Å²) < 4.78 is 14.9. The van der Waals surface area contributed by atoms with Gasteiger partial charge in [0.15, 0.2) is 0 Å². The Bertz CT molecular complexity index is 1330. The maximum absolute atomic E-state index is 13.7. The van der Waals surface area contributed by atoms with Gasteiger partial charge in [0.2, 0.25) is 0 Å². The molecule has 0 saturated carbocycles. The van der Waals surface area contributed by atoms with Gasteiger partial charge in [-0.2, -0.15) is 0 Å². The highest BCUT2D eigenvalue weighted by Gasteiger charge is 2.49. The first-order valence-corrected chi connectivity index (χ1v) is 15.9.